The molecule has 0 bridgehead atoms. The molecule has 196 valence electrons. The third kappa shape index (κ3) is 5.85. The van der Waals surface area contributed by atoms with Gasteiger partial charge in [0.2, 0.25) is 10.0 Å². The lowest BCUT2D eigenvalue weighted by molar-refractivity contribution is 0.0996. The SMILES string of the molecule is CCCCN(CC)S(=O)(=O)c1ccc(C(=O)N=c2sc3c4ccccc4ccc3n2CCOCC)cc1. The van der Waals surface area contributed by atoms with Crippen molar-refractivity contribution in [3.63, 3.8) is 0 Å². The van der Waals surface area contributed by atoms with Crippen molar-refractivity contribution in [1.29, 1.82) is 0 Å². The van der Waals surface area contributed by atoms with E-state index < -0.39 is 15.9 Å². The molecule has 0 fully saturated rings. The molecule has 0 saturated heterocycles. The van der Waals surface area contributed by atoms with Crippen LogP contribution >= 0.6 is 11.3 Å². The first-order chi connectivity index (χ1) is 17.9. The largest absolute Gasteiger partial charge is 0.380 e. The minimum Gasteiger partial charge on any atom is -0.380 e. The van der Waals surface area contributed by atoms with Crippen molar-refractivity contribution in [1.82, 2.24) is 8.87 Å². The van der Waals surface area contributed by atoms with Gasteiger partial charge >= 0.3 is 0 Å². The lowest BCUT2D eigenvalue weighted by Gasteiger charge is -2.20. The molecular formula is C28H33N3O4S2. The van der Waals surface area contributed by atoms with Crippen LogP contribution < -0.4 is 4.80 Å². The second-order valence-corrected chi connectivity index (χ2v) is 11.6. The predicted octanol–water partition coefficient (Wildman–Crippen LogP) is 5.44. The van der Waals surface area contributed by atoms with E-state index in [-0.39, 0.29) is 4.90 Å². The van der Waals surface area contributed by atoms with Crippen LogP contribution in [0.15, 0.2) is 70.6 Å². The Labute approximate surface area is 222 Å². The smallest absolute Gasteiger partial charge is 0.279 e. The molecule has 3 aromatic carbocycles. The normalized spacial score (nSPS) is 12.7. The van der Waals surface area contributed by atoms with E-state index in [1.807, 2.05) is 37.5 Å². The van der Waals surface area contributed by atoms with Gasteiger partial charge in [-0.25, -0.2) is 8.42 Å². The summed E-state index contributed by atoms with van der Waals surface area (Å²) in [7, 11) is -3.61. The average Bonchev–Trinajstić information content (AvgIpc) is 3.26. The maximum Gasteiger partial charge on any atom is 0.279 e. The molecule has 0 aliphatic heterocycles. The Bertz CT molecular complexity index is 1550. The van der Waals surface area contributed by atoms with Gasteiger partial charge in [-0.3, -0.25) is 4.79 Å². The van der Waals surface area contributed by atoms with Crippen molar-refractivity contribution < 1.29 is 17.9 Å². The number of hydrogen-bond acceptors (Lipinski definition) is 5. The van der Waals surface area contributed by atoms with Crippen LogP contribution in [0.2, 0.25) is 0 Å². The second-order valence-electron chi connectivity index (χ2n) is 8.66. The van der Waals surface area contributed by atoms with Crippen LogP contribution in [-0.4, -0.2) is 49.5 Å². The Kier molecular flexibility index (Phi) is 8.91. The highest BCUT2D eigenvalue weighted by molar-refractivity contribution is 7.89. The minimum atomic E-state index is -3.61. The molecule has 1 heterocycles. The zero-order chi connectivity index (χ0) is 26.4. The number of benzene rings is 3. The van der Waals surface area contributed by atoms with E-state index in [4.69, 9.17) is 4.74 Å². The summed E-state index contributed by atoms with van der Waals surface area (Å²) in [4.78, 5) is 18.4. The molecular weight excluding hydrogens is 506 g/mol. The van der Waals surface area contributed by atoms with Crippen LogP contribution in [0, 0.1) is 0 Å². The number of aromatic nitrogens is 1. The molecule has 0 aliphatic rings. The highest BCUT2D eigenvalue weighted by Crippen LogP contribution is 2.27. The van der Waals surface area contributed by atoms with E-state index >= 15 is 0 Å². The Balaban J connectivity index is 1.70. The number of nitrogens with zero attached hydrogens (tertiary/aromatic N) is 3. The average molecular weight is 540 g/mol. The van der Waals surface area contributed by atoms with Crippen LogP contribution in [-0.2, 0) is 21.3 Å². The maximum absolute atomic E-state index is 13.2. The summed E-state index contributed by atoms with van der Waals surface area (Å²) in [6.07, 6.45) is 1.72. The van der Waals surface area contributed by atoms with Gasteiger partial charge in [0.15, 0.2) is 4.80 Å². The van der Waals surface area contributed by atoms with E-state index in [0.717, 1.165) is 33.8 Å². The summed E-state index contributed by atoms with van der Waals surface area (Å²) in [5.74, 6) is -0.414. The Morgan fingerprint density at radius 1 is 1.03 bits per heavy atom. The number of carbonyl (C=O) groups excluding carboxylic acids is 1. The number of ether oxygens (including phenoxy) is 1. The zero-order valence-corrected chi connectivity index (χ0v) is 23.1. The lowest BCUT2D eigenvalue weighted by Crippen LogP contribution is -2.31. The van der Waals surface area contributed by atoms with Crippen LogP contribution in [0.1, 0.15) is 44.0 Å². The third-order valence-corrected chi connectivity index (χ3v) is 9.40. The first-order valence-corrected chi connectivity index (χ1v) is 14.9. The first kappa shape index (κ1) is 27.2. The molecule has 7 nitrogen and oxygen atoms in total. The number of fused-ring (bicyclic) bond motifs is 3. The standard InChI is InChI=1S/C28H33N3O4S2/c1-4-7-18-30(5-2)37(33,34)23-15-12-22(13-16-23)27(32)29-28-31(19-20-35-6-3)25-17-14-21-10-8-9-11-24(21)26(25)36-28/h8-17H,4-7,18-20H2,1-3H3. The van der Waals surface area contributed by atoms with Crippen molar-refractivity contribution in [3.8, 4) is 0 Å². The first-order valence-electron chi connectivity index (χ1n) is 12.7. The topological polar surface area (TPSA) is 81.0 Å². The number of rotatable bonds is 11. The van der Waals surface area contributed by atoms with E-state index in [9.17, 15) is 13.2 Å². The molecule has 0 saturated carbocycles. The summed E-state index contributed by atoms with van der Waals surface area (Å²) in [5, 5.41) is 2.24. The molecule has 1 amide bonds. The lowest BCUT2D eigenvalue weighted by atomic mass is 10.1. The van der Waals surface area contributed by atoms with Gasteiger partial charge in [0.25, 0.3) is 5.91 Å². The van der Waals surface area contributed by atoms with Crippen molar-refractivity contribution in [2.45, 2.75) is 45.1 Å². The number of amides is 1. The van der Waals surface area contributed by atoms with Crippen LogP contribution in [0.5, 0.6) is 0 Å². The molecule has 0 radical (unpaired) electrons. The molecule has 0 aliphatic carbocycles. The summed E-state index contributed by atoms with van der Waals surface area (Å²) in [6, 6.07) is 18.4. The van der Waals surface area contributed by atoms with E-state index in [0.29, 0.717) is 43.2 Å². The van der Waals surface area contributed by atoms with Gasteiger partial charge in [0, 0.05) is 37.2 Å². The number of unbranched alkanes of at least 4 members (excludes halogenated alkanes) is 1. The minimum absolute atomic E-state index is 0.183. The van der Waals surface area contributed by atoms with Gasteiger partial charge in [-0.05, 0) is 49.1 Å². The fraction of sp³-hybridized carbons (Fsp3) is 0.357. The quantitative estimate of drug-likeness (QED) is 0.238. The molecule has 0 atom stereocenters. The Morgan fingerprint density at radius 2 is 1.78 bits per heavy atom. The summed E-state index contributed by atoms with van der Waals surface area (Å²) >= 11 is 1.47. The summed E-state index contributed by atoms with van der Waals surface area (Å²) in [5.41, 5.74) is 1.34. The van der Waals surface area contributed by atoms with E-state index in [1.54, 1.807) is 12.1 Å². The fourth-order valence-electron chi connectivity index (χ4n) is 4.25. The molecule has 1 aromatic heterocycles. The van der Waals surface area contributed by atoms with Gasteiger partial charge in [-0.2, -0.15) is 9.30 Å². The monoisotopic (exact) mass is 539 g/mol. The number of carbonyl (C=O) groups is 1. The van der Waals surface area contributed by atoms with Crippen LogP contribution in [0.3, 0.4) is 0 Å². The zero-order valence-electron chi connectivity index (χ0n) is 21.5. The number of sulfonamides is 1. The number of thiazole rings is 1. The van der Waals surface area contributed by atoms with Gasteiger partial charge in [-0.1, -0.05) is 61.9 Å². The van der Waals surface area contributed by atoms with Gasteiger partial charge in [0.05, 0.1) is 21.7 Å². The molecule has 9 heteroatoms. The number of hydrogen-bond donors (Lipinski definition) is 0. The Hall–Kier alpha value is -2.85. The highest BCUT2D eigenvalue weighted by atomic mass is 32.2. The molecule has 37 heavy (non-hydrogen) atoms. The maximum atomic E-state index is 13.2. The molecule has 0 unspecified atom stereocenters. The second kappa shape index (κ2) is 12.1. The molecule has 4 rings (SSSR count). The highest BCUT2D eigenvalue weighted by Gasteiger charge is 2.22. The molecule has 0 N–H and O–H groups in total. The molecule has 4 aromatic rings. The summed E-state index contributed by atoms with van der Waals surface area (Å²) < 4.78 is 36.2. The van der Waals surface area contributed by atoms with Crippen LogP contribution in [0.4, 0.5) is 0 Å². The van der Waals surface area contributed by atoms with Gasteiger partial charge in [0.1, 0.15) is 0 Å². The van der Waals surface area contributed by atoms with Gasteiger partial charge in [-0.15, -0.1) is 0 Å². The van der Waals surface area contributed by atoms with Crippen LogP contribution in [0.25, 0.3) is 21.0 Å². The molecule has 0 spiro atoms. The third-order valence-electron chi connectivity index (χ3n) is 6.29. The van der Waals surface area contributed by atoms with Crippen molar-refractivity contribution >= 4 is 48.3 Å². The summed E-state index contributed by atoms with van der Waals surface area (Å²) in [6.45, 7) is 8.39. The van der Waals surface area contributed by atoms with E-state index in [1.165, 1.54) is 27.8 Å². The van der Waals surface area contributed by atoms with Crippen molar-refractivity contribution in [2.75, 3.05) is 26.3 Å². The van der Waals surface area contributed by atoms with Gasteiger partial charge < -0.3 is 9.30 Å². The Morgan fingerprint density at radius 3 is 2.49 bits per heavy atom. The van der Waals surface area contributed by atoms with E-state index in [2.05, 4.69) is 29.3 Å². The van der Waals surface area contributed by atoms with Crippen molar-refractivity contribution in [2.24, 2.45) is 4.99 Å². The fourth-order valence-corrected chi connectivity index (χ4v) is 6.93. The predicted molar refractivity (Wildman–Crippen MR) is 149 cm³/mol. The van der Waals surface area contributed by atoms with Crippen molar-refractivity contribution in [3.05, 3.63) is 71.0 Å².